The number of anilines is 1. The predicted molar refractivity (Wildman–Crippen MR) is 114 cm³/mol. The van der Waals surface area contributed by atoms with Gasteiger partial charge in [-0.1, -0.05) is 12.2 Å². The van der Waals surface area contributed by atoms with Crippen molar-refractivity contribution in [2.45, 2.75) is 50.6 Å². The van der Waals surface area contributed by atoms with Gasteiger partial charge in [0.2, 0.25) is 5.43 Å². The second-order valence-electron chi connectivity index (χ2n) is 8.67. The van der Waals surface area contributed by atoms with Crippen LogP contribution in [0.15, 0.2) is 23.1 Å². The van der Waals surface area contributed by atoms with Gasteiger partial charge in [-0.2, -0.15) is 0 Å². The maximum Gasteiger partial charge on any atom is 0.343 e. The summed E-state index contributed by atoms with van der Waals surface area (Å²) in [4.78, 5) is 27.7. The van der Waals surface area contributed by atoms with Crippen LogP contribution in [0.3, 0.4) is 0 Å². The number of benzene rings is 1. The maximum atomic E-state index is 15.7. The molecule has 2 aromatic rings. The van der Waals surface area contributed by atoms with E-state index in [0.29, 0.717) is 16.8 Å². The summed E-state index contributed by atoms with van der Waals surface area (Å²) >= 11 is 0. The number of ether oxygens (including phenoxy) is 2. The molecule has 0 bridgehead atoms. The number of fused-ring (bicyclic) bond motifs is 7. The molecular formula is C23H24FN3O4. The fraction of sp³-hybridized carbons (Fsp3) is 0.478. The van der Waals surface area contributed by atoms with Gasteiger partial charge >= 0.3 is 5.97 Å². The Morgan fingerprint density at radius 3 is 2.94 bits per heavy atom. The molecule has 3 atom stereocenters. The molecule has 0 radical (unpaired) electrons. The van der Waals surface area contributed by atoms with Crippen LogP contribution in [0.5, 0.6) is 0 Å². The van der Waals surface area contributed by atoms with E-state index in [0.717, 1.165) is 32.4 Å². The number of carbonyl (C=O) groups excluding carboxylic acids is 1. The standard InChI is InChI=1S/C23H24FN3O4/c1-2-30-23(29)16-11-26(12-6-7-12)19-14-5-3-4-13-9-25-10-18-22(31-18)27(13)20(14)17(24)8-15(19)21(16)28/h3,5,8,11-13,18,22,25H,2,4,6-7,9-10H2,1H3. The Morgan fingerprint density at radius 2 is 2.16 bits per heavy atom. The van der Waals surface area contributed by atoms with Gasteiger partial charge in [0.25, 0.3) is 0 Å². The fourth-order valence-corrected chi connectivity index (χ4v) is 5.00. The second-order valence-corrected chi connectivity index (χ2v) is 8.67. The van der Waals surface area contributed by atoms with E-state index in [1.165, 1.54) is 6.07 Å². The first-order valence-corrected chi connectivity index (χ1v) is 11.0. The lowest BCUT2D eigenvalue weighted by molar-refractivity contribution is 0.0524. The smallest absolute Gasteiger partial charge is 0.343 e. The van der Waals surface area contributed by atoms with Crippen LogP contribution in [-0.4, -0.2) is 48.6 Å². The molecule has 3 fully saturated rings. The van der Waals surface area contributed by atoms with Crippen LogP contribution in [0.1, 0.15) is 48.1 Å². The van der Waals surface area contributed by atoms with Crippen LogP contribution in [0.2, 0.25) is 0 Å². The van der Waals surface area contributed by atoms with Gasteiger partial charge in [0, 0.05) is 36.9 Å². The lowest BCUT2D eigenvalue weighted by Gasteiger charge is -2.32. The minimum atomic E-state index is -0.664. The Balaban J connectivity index is 1.64. The van der Waals surface area contributed by atoms with Gasteiger partial charge in [-0.3, -0.25) is 4.79 Å². The first-order valence-electron chi connectivity index (χ1n) is 11.0. The number of rotatable bonds is 3. The van der Waals surface area contributed by atoms with Gasteiger partial charge < -0.3 is 24.3 Å². The lowest BCUT2D eigenvalue weighted by atomic mass is 10.0. The van der Waals surface area contributed by atoms with Crippen LogP contribution < -0.4 is 15.6 Å². The normalized spacial score (nSPS) is 26.5. The monoisotopic (exact) mass is 425 g/mol. The highest BCUT2D eigenvalue weighted by Gasteiger charge is 2.49. The molecule has 4 aliphatic rings. The van der Waals surface area contributed by atoms with Gasteiger partial charge in [0.1, 0.15) is 17.5 Å². The molecule has 1 N–H and O–H groups in total. The zero-order chi connectivity index (χ0) is 21.3. The van der Waals surface area contributed by atoms with Crippen LogP contribution >= 0.6 is 0 Å². The van der Waals surface area contributed by atoms with Crippen molar-refractivity contribution in [3.8, 4) is 0 Å². The van der Waals surface area contributed by atoms with Gasteiger partial charge in [0.15, 0.2) is 6.23 Å². The molecule has 3 aliphatic heterocycles. The minimum Gasteiger partial charge on any atom is -0.462 e. The summed E-state index contributed by atoms with van der Waals surface area (Å²) in [5.74, 6) is -1.13. The molecule has 1 aromatic carbocycles. The molecule has 1 aromatic heterocycles. The van der Waals surface area contributed by atoms with E-state index in [2.05, 4.69) is 10.2 Å². The molecule has 2 saturated heterocycles. The number of nitrogens with zero attached hydrogens (tertiary/aromatic N) is 2. The van der Waals surface area contributed by atoms with Crippen molar-refractivity contribution in [1.82, 2.24) is 9.88 Å². The SMILES string of the molecule is CCOC(=O)c1cn(C2CC2)c2c3c(c(F)cc2c1=O)N1C(CC=C3)CNCC2OC21. The first-order chi connectivity index (χ1) is 15.1. The average Bonchev–Trinajstić information content (AvgIpc) is 3.61. The summed E-state index contributed by atoms with van der Waals surface area (Å²) in [6.45, 7) is 3.37. The van der Waals surface area contributed by atoms with Crippen LogP contribution in [0.4, 0.5) is 10.1 Å². The van der Waals surface area contributed by atoms with Gasteiger partial charge in [0.05, 0.1) is 23.2 Å². The van der Waals surface area contributed by atoms with Gasteiger partial charge in [-0.25, -0.2) is 9.18 Å². The molecular weight excluding hydrogens is 401 g/mol. The Morgan fingerprint density at radius 1 is 1.32 bits per heavy atom. The van der Waals surface area contributed by atoms with Crippen molar-refractivity contribution < 1.29 is 18.7 Å². The average molecular weight is 425 g/mol. The number of hydrogen-bond acceptors (Lipinski definition) is 6. The molecule has 4 heterocycles. The predicted octanol–water partition coefficient (Wildman–Crippen LogP) is 2.57. The third kappa shape index (κ3) is 2.92. The van der Waals surface area contributed by atoms with Crippen molar-refractivity contribution in [2.24, 2.45) is 0 Å². The summed E-state index contributed by atoms with van der Waals surface area (Å²) in [5, 5.41) is 3.62. The van der Waals surface area contributed by atoms with E-state index in [9.17, 15) is 9.59 Å². The van der Waals surface area contributed by atoms with Crippen molar-refractivity contribution in [2.75, 3.05) is 24.6 Å². The topological polar surface area (TPSA) is 76.1 Å². The number of pyridine rings is 1. The Hall–Kier alpha value is -2.71. The van der Waals surface area contributed by atoms with E-state index < -0.39 is 17.2 Å². The van der Waals surface area contributed by atoms with Crippen molar-refractivity contribution in [3.63, 3.8) is 0 Å². The maximum absolute atomic E-state index is 15.7. The second kappa shape index (κ2) is 6.90. The van der Waals surface area contributed by atoms with Crippen molar-refractivity contribution >= 4 is 28.6 Å². The van der Waals surface area contributed by atoms with E-state index in [1.54, 1.807) is 13.1 Å². The van der Waals surface area contributed by atoms with Crippen LogP contribution in [0.25, 0.3) is 17.0 Å². The number of carbonyl (C=O) groups is 1. The molecule has 31 heavy (non-hydrogen) atoms. The molecule has 0 spiro atoms. The zero-order valence-corrected chi connectivity index (χ0v) is 17.3. The summed E-state index contributed by atoms with van der Waals surface area (Å²) in [5.41, 5.74) is 1.33. The molecule has 1 saturated carbocycles. The number of nitrogens with one attached hydrogen (secondary N) is 1. The van der Waals surface area contributed by atoms with E-state index in [1.807, 2.05) is 16.7 Å². The van der Waals surface area contributed by atoms with Crippen LogP contribution in [-0.2, 0) is 9.47 Å². The quantitative estimate of drug-likeness (QED) is 0.602. The molecule has 162 valence electrons. The van der Waals surface area contributed by atoms with Gasteiger partial charge in [-0.15, -0.1) is 0 Å². The number of aromatic nitrogens is 1. The molecule has 3 unspecified atom stereocenters. The number of halogens is 1. The third-order valence-electron chi connectivity index (χ3n) is 6.61. The van der Waals surface area contributed by atoms with Crippen LogP contribution in [0, 0.1) is 5.82 Å². The number of esters is 1. The van der Waals surface area contributed by atoms with Crippen molar-refractivity contribution in [3.05, 3.63) is 45.5 Å². The summed E-state index contributed by atoms with van der Waals surface area (Å²) in [6.07, 6.45) is 8.13. The largest absolute Gasteiger partial charge is 0.462 e. The Labute approximate surface area is 178 Å². The highest BCUT2D eigenvalue weighted by atomic mass is 19.1. The first kappa shape index (κ1) is 19.0. The number of hydrogen-bond donors (Lipinski definition) is 1. The molecule has 8 heteroatoms. The summed E-state index contributed by atoms with van der Waals surface area (Å²) in [6, 6.07) is 1.56. The third-order valence-corrected chi connectivity index (χ3v) is 6.61. The Kier molecular flexibility index (Phi) is 4.23. The highest BCUT2D eigenvalue weighted by molar-refractivity contribution is 5.99. The highest BCUT2D eigenvalue weighted by Crippen LogP contribution is 2.45. The number of epoxide rings is 1. The molecule has 1 aliphatic carbocycles. The fourth-order valence-electron chi connectivity index (χ4n) is 5.00. The molecule has 6 rings (SSSR count). The van der Waals surface area contributed by atoms with E-state index in [-0.39, 0.29) is 42.0 Å². The minimum absolute atomic E-state index is 0.0411. The molecule has 7 nitrogen and oxygen atoms in total. The van der Waals surface area contributed by atoms with Gasteiger partial charge in [-0.05, 0) is 32.3 Å². The van der Waals surface area contributed by atoms with E-state index >= 15 is 4.39 Å². The van der Waals surface area contributed by atoms with E-state index in [4.69, 9.17) is 9.47 Å². The summed E-state index contributed by atoms with van der Waals surface area (Å²) < 4.78 is 28.6. The summed E-state index contributed by atoms with van der Waals surface area (Å²) in [7, 11) is 0. The zero-order valence-electron chi connectivity index (χ0n) is 17.3. The van der Waals surface area contributed by atoms with Crippen molar-refractivity contribution in [1.29, 1.82) is 0 Å². The lowest BCUT2D eigenvalue weighted by Crippen LogP contribution is -2.42. The Bertz CT molecular complexity index is 1190. The molecule has 0 amide bonds.